The van der Waals surface area contributed by atoms with Crippen LogP contribution < -0.4 is 10.2 Å². The molecule has 0 aromatic rings. The van der Waals surface area contributed by atoms with Crippen LogP contribution in [0.4, 0.5) is 0 Å². The third kappa shape index (κ3) is 47.5. The molecular weight excluding hydrogens is 804 g/mol. The topological polar surface area (TPSA) is 108 Å². The van der Waals surface area contributed by atoms with Crippen LogP contribution in [-0.4, -0.2) is 68.5 Å². The largest absolute Gasteiger partial charge is 0.756 e. The van der Waals surface area contributed by atoms with Crippen molar-refractivity contribution in [2.24, 2.45) is 0 Å². The number of quaternary nitrogens is 1. The Kier molecular flexibility index (Phi) is 43.2. The third-order valence-corrected chi connectivity index (χ3v) is 11.8. The van der Waals surface area contributed by atoms with Gasteiger partial charge >= 0.3 is 0 Å². The highest BCUT2D eigenvalue weighted by Crippen LogP contribution is 2.38. The number of carbonyl (C=O) groups is 1. The van der Waals surface area contributed by atoms with E-state index in [2.05, 4.69) is 92.1 Å². The van der Waals surface area contributed by atoms with Gasteiger partial charge in [-0.05, 0) is 83.5 Å². The number of aliphatic hydroxyl groups is 1. The second kappa shape index (κ2) is 44.9. The fourth-order valence-corrected chi connectivity index (χ4v) is 7.54. The smallest absolute Gasteiger partial charge is 0.268 e. The number of aliphatic hydroxyl groups excluding tert-OH is 1. The number of amides is 1. The molecule has 0 fully saturated rings. The summed E-state index contributed by atoms with van der Waals surface area (Å²) in [5, 5.41) is 13.8. The van der Waals surface area contributed by atoms with Crippen LogP contribution in [0, 0.1) is 0 Å². The van der Waals surface area contributed by atoms with Gasteiger partial charge in [0.05, 0.1) is 39.9 Å². The Labute approximate surface area is 388 Å². The third-order valence-electron chi connectivity index (χ3n) is 10.8. The van der Waals surface area contributed by atoms with Crippen LogP contribution in [0.25, 0.3) is 0 Å². The molecule has 63 heavy (non-hydrogen) atoms. The van der Waals surface area contributed by atoms with E-state index in [0.29, 0.717) is 17.4 Å². The lowest BCUT2D eigenvalue weighted by Crippen LogP contribution is -2.45. The van der Waals surface area contributed by atoms with E-state index < -0.39 is 26.6 Å². The molecule has 0 spiro atoms. The fourth-order valence-electron chi connectivity index (χ4n) is 6.82. The van der Waals surface area contributed by atoms with E-state index in [4.69, 9.17) is 9.05 Å². The molecule has 2 N–H and O–H groups in total. The van der Waals surface area contributed by atoms with Crippen molar-refractivity contribution >= 4 is 13.7 Å². The number of nitrogens with one attached hydrogen (secondary N) is 1. The molecule has 364 valence electrons. The maximum atomic E-state index is 12.9. The van der Waals surface area contributed by atoms with E-state index in [-0.39, 0.29) is 12.5 Å². The first-order valence-electron chi connectivity index (χ1n) is 25.4. The maximum absolute atomic E-state index is 12.9. The molecule has 0 radical (unpaired) electrons. The molecule has 0 aromatic heterocycles. The molecule has 0 aliphatic rings. The first-order valence-corrected chi connectivity index (χ1v) is 26.9. The Bertz CT molecular complexity index is 1300. The number of hydrogen-bond acceptors (Lipinski definition) is 6. The van der Waals surface area contributed by atoms with Gasteiger partial charge in [-0.2, -0.15) is 0 Å². The van der Waals surface area contributed by atoms with Gasteiger partial charge in [0.15, 0.2) is 0 Å². The molecule has 0 aliphatic carbocycles. The predicted octanol–water partition coefficient (Wildman–Crippen LogP) is 14.3. The first kappa shape index (κ1) is 60.7. The first-order chi connectivity index (χ1) is 30.5. The summed E-state index contributed by atoms with van der Waals surface area (Å²) in [6.07, 6.45) is 62.2. The predicted molar refractivity (Wildman–Crippen MR) is 270 cm³/mol. The number of phosphoric acid groups is 1. The van der Waals surface area contributed by atoms with Crippen LogP contribution in [0.2, 0.25) is 0 Å². The highest BCUT2D eigenvalue weighted by atomic mass is 31.2. The second-order valence-electron chi connectivity index (χ2n) is 18.1. The standard InChI is InChI=1S/C54H97N2O6P/c1-6-8-10-12-14-16-18-20-22-23-24-25-26-27-28-29-30-31-32-33-34-36-38-40-42-44-46-48-54(58)55-52(51-62-63(59,60)61-50-49-56(3,4)5)53(57)47-45-43-41-39-37-35-21-19-17-15-13-11-9-7-2/h8,10,14,16-17,19-20,22,24-25,37,39,45,47,52-53,57H,6-7,9,11-13,15,18,21,23,26-36,38,40-44,46,48-51H2,1-5H3,(H-,55,58,59,60)/b10-8-,16-14-,19-17+,22-20-,25-24-,39-37+,47-45+. The molecule has 0 aromatic carbocycles. The molecule has 1 amide bonds. The molecule has 0 saturated carbocycles. The number of likely N-dealkylation sites (N-methyl/N-ethyl adjacent to an activating group) is 1. The Morgan fingerprint density at radius 1 is 0.571 bits per heavy atom. The van der Waals surface area contributed by atoms with Crippen LogP contribution in [0.3, 0.4) is 0 Å². The number of unbranched alkanes of at least 4 members (excludes halogenated alkanes) is 20. The van der Waals surface area contributed by atoms with Gasteiger partial charge in [0.2, 0.25) is 5.91 Å². The molecule has 0 aliphatic heterocycles. The summed E-state index contributed by atoms with van der Waals surface area (Å²) in [5.41, 5.74) is 0. The number of hydrogen-bond donors (Lipinski definition) is 2. The zero-order valence-corrected chi connectivity index (χ0v) is 42.1. The molecule has 3 atom stereocenters. The van der Waals surface area contributed by atoms with Crippen molar-refractivity contribution in [2.45, 2.75) is 212 Å². The van der Waals surface area contributed by atoms with Crippen molar-refractivity contribution in [1.82, 2.24) is 5.32 Å². The lowest BCUT2D eigenvalue weighted by atomic mass is 10.0. The van der Waals surface area contributed by atoms with Crippen molar-refractivity contribution < 1.29 is 32.9 Å². The van der Waals surface area contributed by atoms with Gasteiger partial charge in [0.25, 0.3) is 7.82 Å². The van der Waals surface area contributed by atoms with Gasteiger partial charge in [-0.3, -0.25) is 9.36 Å². The molecule has 0 heterocycles. The summed E-state index contributed by atoms with van der Waals surface area (Å²) >= 11 is 0. The highest BCUT2D eigenvalue weighted by Gasteiger charge is 2.23. The second-order valence-corrected chi connectivity index (χ2v) is 19.5. The van der Waals surface area contributed by atoms with E-state index >= 15 is 0 Å². The van der Waals surface area contributed by atoms with Gasteiger partial charge in [-0.25, -0.2) is 0 Å². The molecule has 0 saturated heterocycles. The lowest BCUT2D eigenvalue weighted by Gasteiger charge is -2.29. The minimum Gasteiger partial charge on any atom is -0.756 e. The number of nitrogens with zero attached hydrogens (tertiary/aromatic N) is 1. The van der Waals surface area contributed by atoms with Crippen molar-refractivity contribution in [2.75, 3.05) is 40.9 Å². The van der Waals surface area contributed by atoms with Gasteiger partial charge in [0.1, 0.15) is 13.2 Å². The number of phosphoric ester groups is 1. The number of carbonyl (C=O) groups excluding carboxylic acids is 1. The van der Waals surface area contributed by atoms with Crippen molar-refractivity contribution in [1.29, 1.82) is 0 Å². The van der Waals surface area contributed by atoms with Crippen molar-refractivity contribution in [3.8, 4) is 0 Å². The maximum Gasteiger partial charge on any atom is 0.268 e. The van der Waals surface area contributed by atoms with Gasteiger partial charge < -0.3 is 28.8 Å². The average molecular weight is 901 g/mol. The zero-order chi connectivity index (χ0) is 46.4. The molecule has 0 bridgehead atoms. The molecule has 3 unspecified atom stereocenters. The van der Waals surface area contributed by atoms with Crippen LogP contribution in [-0.2, 0) is 18.4 Å². The summed E-state index contributed by atoms with van der Waals surface area (Å²) in [6, 6.07) is -0.913. The average Bonchev–Trinajstić information content (AvgIpc) is 3.24. The van der Waals surface area contributed by atoms with Gasteiger partial charge in [-0.1, -0.05) is 195 Å². The van der Waals surface area contributed by atoms with Gasteiger partial charge in [-0.15, -0.1) is 0 Å². The zero-order valence-electron chi connectivity index (χ0n) is 41.2. The molecule has 0 rings (SSSR count). The Balaban J connectivity index is 4.25. The summed E-state index contributed by atoms with van der Waals surface area (Å²) in [6.45, 7) is 4.47. The quantitative estimate of drug-likeness (QED) is 0.0273. The van der Waals surface area contributed by atoms with Crippen molar-refractivity contribution in [3.05, 3.63) is 85.1 Å². The van der Waals surface area contributed by atoms with Crippen LogP contribution >= 0.6 is 7.82 Å². The molecular formula is C54H97N2O6P. The van der Waals surface area contributed by atoms with E-state index in [0.717, 1.165) is 77.0 Å². The Hall–Kier alpha value is -2.32. The van der Waals surface area contributed by atoms with Crippen LogP contribution in [0.1, 0.15) is 200 Å². The minimum atomic E-state index is -4.61. The minimum absolute atomic E-state index is 0.0123. The Morgan fingerprint density at radius 3 is 1.48 bits per heavy atom. The summed E-state index contributed by atoms with van der Waals surface area (Å²) < 4.78 is 23.2. The van der Waals surface area contributed by atoms with Gasteiger partial charge in [0, 0.05) is 6.42 Å². The molecule has 9 heteroatoms. The van der Waals surface area contributed by atoms with E-state index in [1.807, 2.05) is 27.2 Å². The van der Waals surface area contributed by atoms with E-state index in [1.165, 1.54) is 103 Å². The summed E-state index contributed by atoms with van der Waals surface area (Å²) in [7, 11) is 1.22. The molecule has 8 nitrogen and oxygen atoms in total. The van der Waals surface area contributed by atoms with Crippen molar-refractivity contribution in [3.63, 3.8) is 0 Å². The monoisotopic (exact) mass is 901 g/mol. The number of allylic oxidation sites excluding steroid dienone is 13. The SMILES string of the molecule is CC/C=C\C/C=C\C/C=C\C/C=C\CCCCCCCCCCCCCCCCC(=O)NC(COP(=O)([O-])OCC[N+](C)(C)C)C(O)/C=C/CC/C=C/CC/C=C/CCCCCC. The highest BCUT2D eigenvalue weighted by molar-refractivity contribution is 7.45. The summed E-state index contributed by atoms with van der Waals surface area (Å²) in [4.78, 5) is 25.4. The summed E-state index contributed by atoms with van der Waals surface area (Å²) in [5.74, 6) is -0.216. The van der Waals surface area contributed by atoms with Crippen LogP contribution in [0.5, 0.6) is 0 Å². The lowest BCUT2D eigenvalue weighted by molar-refractivity contribution is -0.870. The Morgan fingerprint density at radius 2 is 0.984 bits per heavy atom. The van der Waals surface area contributed by atoms with E-state index in [9.17, 15) is 19.4 Å². The fraction of sp³-hybridized carbons (Fsp3) is 0.722. The number of rotatable bonds is 45. The van der Waals surface area contributed by atoms with E-state index in [1.54, 1.807) is 6.08 Å². The van der Waals surface area contributed by atoms with Crippen LogP contribution in [0.15, 0.2) is 85.1 Å². The normalized spacial score (nSPS) is 14.8.